The summed E-state index contributed by atoms with van der Waals surface area (Å²) >= 11 is 0. The molecule has 1 aromatic rings. The van der Waals surface area contributed by atoms with E-state index < -0.39 is 4.92 Å². The van der Waals surface area contributed by atoms with Gasteiger partial charge in [0.2, 0.25) is 0 Å². The molecule has 0 saturated heterocycles. The fourth-order valence-electron chi connectivity index (χ4n) is 2.44. The molecule has 1 saturated carbocycles. The van der Waals surface area contributed by atoms with Gasteiger partial charge in [-0.3, -0.25) is 14.9 Å². The Balaban J connectivity index is 1.99. The van der Waals surface area contributed by atoms with Crippen molar-refractivity contribution in [1.82, 2.24) is 5.32 Å². The number of anilines is 1. The molecule has 0 unspecified atom stereocenters. The van der Waals surface area contributed by atoms with Crippen molar-refractivity contribution in [1.29, 1.82) is 0 Å². The standard InChI is InChI=1S/C15H21N3O3/c1-2-16-13-7-6-12(10-14(13)18(20)21)15(19)17-9-8-11-4-3-5-11/h6-7,10-11,16H,2-5,8-9H2,1H3,(H,17,19). The average Bonchev–Trinajstić information content (AvgIpc) is 2.41. The van der Waals surface area contributed by atoms with Crippen molar-refractivity contribution in [3.63, 3.8) is 0 Å². The average molecular weight is 291 g/mol. The number of benzene rings is 1. The fourth-order valence-corrected chi connectivity index (χ4v) is 2.44. The van der Waals surface area contributed by atoms with E-state index in [1.165, 1.54) is 25.3 Å². The Morgan fingerprint density at radius 1 is 1.43 bits per heavy atom. The van der Waals surface area contributed by atoms with E-state index in [0.717, 1.165) is 12.3 Å². The summed E-state index contributed by atoms with van der Waals surface area (Å²) in [5, 5.41) is 16.8. The normalized spacial score (nSPS) is 14.3. The Hall–Kier alpha value is -2.11. The monoisotopic (exact) mass is 291 g/mol. The minimum atomic E-state index is -0.469. The van der Waals surface area contributed by atoms with Gasteiger partial charge in [0, 0.05) is 24.7 Å². The summed E-state index contributed by atoms with van der Waals surface area (Å²) in [6.07, 6.45) is 4.78. The summed E-state index contributed by atoms with van der Waals surface area (Å²) in [5.41, 5.74) is 0.703. The lowest BCUT2D eigenvalue weighted by Crippen LogP contribution is -2.27. The lowest BCUT2D eigenvalue weighted by atomic mass is 9.83. The third-order valence-electron chi connectivity index (χ3n) is 3.89. The molecule has 1 amide bonds. The fraction of sp³-hybridized carbons (Fsp3) is 0.533. The molecule has 6 heteroatoms. The number of hydrogen-bond acceptors (Lipinski definition) is 4. The molecule has 1 aliphatic rings. The summed E-state index contributed by atoms with van der Waals surface area (Å²) in [6.45, 7) is 3.09. The number of hydrogen-bond donors (Lipinski definition) is 2. The zero-order valence-corrected chi connectivity index (χ0v) is 12.2. The van der Waals surface area contributed by atoms with E-state index in [1.54, 1.807) is 12.1 Å². The second kappa shape index (κ2) is 7.06. The van der Waals surface area contributed by atoms with Gasteiger partial charge in [-0.15, -0.1) is 0 Å². The Morgan fingerprint density at radius 3 is 2.76 bits per heavy atom. The Morgan fingerprint density at radius 2 is 2.19 bits per heavy atom. The lowest BCUT2D eigenvalue weighted by Gasteiger charge is -2.25. The summed E-state index contributed by atoms with van der Waals surface area (Å²) in [4.78, 5) is 22.6. The van der Waals surface area contributed by atoms with Crippen LogP contribution in [0.2, 0.25) is 0 Å². The highest BCUT2D eigenvalue weighted by molar-refractivity contribution is 5.95. The van der Waals surface area contributed by atoms with Crippen molar-refractivity contribution in [2.45, 2.75) is 32.6 Å². The number of nitrogens with zero attached hydrogens (tertiary/aromatic N) is 1. The van der Waals surface area contributed by atoms with Gasteiger partial charge in [-0.2, -0.15) is 0 Å². The second-order valence-electron chi connectivity index (χ2n) is 5.36. The summed E-state index contributed by atoms with van der Waals surface area (Å²) in [7, 11) is 0. The van der Waals surface area contributed by atoms with Crippen LogP contribution in [0, 0.1) is 16.0 Å². The van der Waals surface area contributed by atoms with Gasteiger partial charge >= 0.3 is 0 Å². The number of nitro groups is 1. The number of rotatable bonds is 7. The molecule has 1 aliphatic carbocycles. The van der Waals surface area contributed by atoms with Crippen LogP contribution in [0.5, 0.6) is 0 Å². The van der Waals surface area contributed by atoms with Crippen molar-refractivity contribution in [3.8, 4) is 0 Å². The van der Waals surface area contributed by atoms with Crippen LogP contribution in [0.1, 0.15) is 43.0 Å². The van der Waals surface area contributed by atoms with Gasteiger partial charge in [-0.05, 0) is 31.4 Å². The van der Waals surface area contributed by atoms with E-state index in [4.69, 9.17) is 0 Å². The van der Waals surface area contributed by atoms with Crippen LogP contribution < -0.4 is 10.6 Å². The van der Waals surface area contributed by atoms with Crippen molar-refractivity contribution in [2.24, 2.45) is 5.92 Å². The number of carbonyl (C=O) groups excluding carboxylic acids is 1. The highest BCUT2D eigenvalue weighted by atomic mass is 16.6. The van der Waals surface area contributed by atoms with Crippen molar-refractivity contribution in [2.75, 3.05) is 18.4 Å². The maximum atomic E-state index is 12.0. The second-order valence-corrected chi connectivity index (χ2v) is 5.36. The highest BCUT2D eigenvalue weighted by Crippen LogP contribution is 2.29. The molecule has 1 fully saturated rings. The van der Waals surface area contributed by atoms with E-state index in [9.17, 15) is 14.9 Å². The third kappa shape index (κ3) is 3.93. The quantitative estimate of drug-likeness (QED) is 0.597. The van der Waals surface area contributed by atoms with Crippen LogP contribution in [0.25, 0.3) is 0 Å². The first-order valence-corrected chi connectivity index (χ1v) is 7.42. The van der Waals surface area contributed by atoms with Crippen LogP contribution in [0.15, 0.2) is 18.2 Å². The smallest absolute Gasteiger partial charge is 0.293 e. The molecular formula is C15H21N3O3. The predicted octanol–water partition coefficient (Wildman–Crippen LogP) is 2.95. The molecule has 2 N–H and O–H groups in total. The van der Waals surface area contributed by atoms with E-state index in [-0.39, 0.29) is 11.6 Å². The topological polar surface area (TPSA) is 84.3 Å². The highest BCUT2D eigenvalue weighted by Gasteiger charge is 2.19. The molecule has 21 heavy (non-hydrogen) atoms. The number of amides is 1. The van der Waals surface area contributed by atoms with Crippen molar-refractivity contribution < 1.29 is 9.72 Å². The molecule has 114 valence electrons. The van der Waals surface area contributed by atoms with Gasteiger partial charge in [0.15, 0.2) is 0 Å². The summed E-state index contributed by atoms with van der Waals surface area (Å²) < 4.78 is 0. The van der Waals surface area contributed by atoms with Gasteiger partial charge in [-0.1, -0.05) is 19.3 Å². The van der Waals surface area contributed by atoms with Crippen molar-refractivity contribution >= 4 is 17.3 Å². The largest absolute Gasteiger partial charge is 0.380 e. The van der Waals surface area contributed by atoms with Crippen LogP contribution in [-0.4, -0.2) is 23.9 Å². The van der Waals surface area contributed by atoms with E-state index in [0.29, 0.717) is 24.3 Å². The molecule has 0 aliphatic heterocycles. The van der Waals surface area contributed by atoms with Gasteiger partial charge in [0.1, 0.15) is 5.69 Å². The number of nitrogens with one attached hydrogen (secondary N) is 2. The van der Waals surface area contributed by atoms with Gasteiger partial charge in [-0.25, -0.2) is 0 Å². The maximum absolute atomic E-state index is 12.0. The molecular weight excluding hydrogens is 270 g/mol. The number of carbonyl (C=O) groups is 1. The van der Waals surface area contributed by atoms with Crippen LogP contribution >= 0.6 is 0 Å². The minimum Gasteiger partial charge on any atom is -0.380 e. The maximum Gasteiger partial charge on any atom is 0.293 e. The van der Waals surface area contributed by atoms with Crippen LogP contribution in [-0.2, 0) is 0 Å². The first-order valence-electron chi connectivity index (χ1n) is 7.42. The Kier molecular flexibility index (Phi) is 5.14. The van der Waals surface area contributed by atoms with Crippen molar-refractivity contribution in [3.05, 3.63) is 33.9 Å². The van der Waals surface area contributed by atoms with Crippen LogP contribution in [0.4, 0.5) is 11.4 Å². The summed E-state index contributed by atoms with van der Waals surface area (Å²) in [5.74, 6) is 0.483. The molecule has 0 radical (unpaired) electrons. The molecule has 0 aromatic heterocycles. The SMILES string of the molecule is CCNc1ccc(C(=O)NCCC2CCC2)cc1[N+](=O)[O-]. The lowest BCUT2D eigenvalue weighted by molar-refractivity contribution is -0.384. The number of nitro benzene ring substituents is 1. The molecule has 0 bridgehead atoms. The van der Waals surface area contributed by atoms with Gasteiger partial charge in [0.05, 0.1) is 4.92 Å². The molecule has 6 nitrogen and oxygen atoms in total. The van der Waals surface area contributed by atoms with E-state index in [2.05, 4.69) is 10.6 Å². The first kappa shape index (κ1) is 15.3. The molecule has 0 spiro atoms. The molecule has 0 atom stereocenters. The molecule has 2 rings (SSSR count). The third-order valence-corrected chi connectivity index (χ3v) is 3.89. The Labute approximate surface area is 124 Å². The van der Waals surface area contributed by atoms with Gasteiger partial charge in [0.25, 0.3) is 11.6 Å². The first-order chi connectivity index (χ1) is 10.1. The van der Waals surface area contributed by atoms with Gasteiger partial charge < -0.3 is 10.6 Å². The zero-order valence-electron chi connectivity index (χ0n) is 12.2. The predicted molar refractivity (Wildman–Crippen MR) is 81.6 cm³/mol. The molecule has 0 heterocycles. The van der Waals surface area contributed by atoms with E-state index >= 15 is 0 Å². The molecule has 1 aromatic carbocycles. The van der Waals surface area contributed by atoms with Crippen LogP contribution in [0.3, 0.4) is 0 Å². The minimum absolute atomic E-state index is 0.0662. The zero-order chi connectivity index (χ0) is 15.2. The Bertz CT molecular complexity index is 527. The summed E-state index contributed by atoms with van der Waals surface area (Å²) in [6, 6.07) is 4.53. The van der Waals surface area contributed by atoms with E-state index in [1.807, 2.05) is 6.92 Å².